The molecule has 0 aliphatic carbocycles. The summed E-state index contributed by atoms with van der Waals surface area (Å²) in [5.41, 5.74) is 0.389. The van der Waals surface area contributed by atoms with Gasteiger partial charge in [0, 0.05) is 32.8 Å². The lowest BCUT2D eigenvalue weighted by molar-refractivity contribution is 0.0599. The highest BCUT2D eigenvalue weighted by Gasteiger charge is 2.26. The van der Waals surface area contributed by atoms with Crippen molar-refractivity contribution in [2.24, 2.45) is 5.41 Å². The van der Waals surface area contributed by atoms with E-state index in [9.17, 15) is 0 Å². The molecular formula is C14H30N2O. The fourth-order valence-electron chi connectivity index (χ4n) is 2.48. The molecule has 1 saturated heterocycles. The molecule has 102 valence electrons. The van der Waals surface area contributed by atoms with Crippen LogP contribution in [-0.4, -0.2) is 50.3 Å². The Bertz CT molecular complexity index is 210. The van der Waals surface area contributed by atoms with E-state index in [1.165, 1.54) is 25.9 Å². The fourth-order valence-corrected chi connectivity index (χ4v) is 2.48. The minimum atomic E-state index is 0.387. The van der Waals surface area contributed by atoms with Crippen LogP contribution in [0.5, 0.6) is 0 Å². The van der Waals surface area contributed by atoms with E-state index < -0.39 is 0 Å². The average Bonchev–Trinajstić information content (AvgIpc) is 2.51. The largest absolute Gasteiger partial charge is 0.377 e. The van der Waals surface area contributed by atoms with Gasteiger partial charge in [-0.05, 0) is 31.7 Å². The zero-order valence-electron chi connectivity index (χ0n) is 12.1. The fraction of sp³-hybridized carbons (Fsp3) is 1.00. The summed E-state index contributed by atoms with van der Waals surface area (Å²) in [6.07, 6.45) is 2.79. The molecule has 2 unspecified atom stereocenters. The highest BCUT2D eigenvalue weighted by atomic mass is 16.5. The molecule has 3 heteroatoms. The van der Waals surface area contributed by atoms with Crippen LogP contribution in [0.4, 0.5) is 0 Å². The molecule has 1 N–H and O–H groups in total. The molecule has 0 aromatic carbocycles. The lowest BCUT2D eigenvalue weighted by Gasteiger charge is -2.35. The van der Waals surface area contributed by atoms with E-state index in [-0.39, 0.29) is 0 Å². The van der Waals surface area contributed by atoms with Crippen molar-refractivity contribution < 1.29 is 4.74 Å². The van der Waals surface area contributed by atoms with Crippen molar-refractivity contribution in [3.63, 3.8) is 0 Å². The van der Waals surface area contributed by atoms with Gasteiger partial charge in [0.25, 0.3) is 0 Å². The number of rotatable bonds is 6. The first-order valence-electron chi connectivity index (χ1n) is 7.14. The molecule has 1 heterocycles. The van der Waals surface area contributed by atoms with Crippen molar-refractivity contribution in [3.8, 4) is 0 Å². The van der Waals surface area contributed by atoms with Crippen LogP contribution in [0, 0.1) is 5.41 Å². The highest BCUT2D eigenvalue weighted by molar-refractivity contribution is 4.81. The lowest BCUT2D eigenvalue weighted by Crippen LogP contribution is -2.43. The van der Waals surface area contributed by atoms with Crippen LogP contribution in [0.25, 0.3) is 0 Å². The zero-order valence-corrected chi connectivity index (χ0v) is 12.1. The first-order chi connectivity index (χ1) is 8.09. The average molecular weight is 242 g/mol. The second-order valence-electron chi connectivity index (χ2n) is 5.71. The SMILES string of the molecule is CCNCC(C)(CC)CN1CCCOC(C)C1. The second kappa shape index (κ2) is 7.34. The van der Waals surface area contributed by atoms with Gasteiger partial charge in [0.15, 0.2) is 0 Å². The molecule has 1 rings (SSSR count). The van der Waals surface area contributed by atoms with E-state index in [0.717, 1.165) is 26.2 Å². The van der Waals surface area contributed by atoms with Gasteiger partial charge < -0.3 is 15.0 Å². The third kappa shape index (κ3) is 5.36. The Balaban J connectivity index is 2.47. The van der Waals surface area contributed by atoms with E-state index in [2.05, 4.69) is 37.9 Å². The Morgan fingerprint density at radius 1 is 1.41 bits per heavy atom. The van der Waals surface area contributed by atoms with Crippen molar-refractivity contribution in [2.45, 2.75) is 46.6 Å². The number of hydrogen-bond donors (Lipinski definition) is 1. The quantitative estimate of drug-likeness (QED) is 0.772. The molecule has 17 heavy (non-hydrogen) atoms. The van der Waals surface area contributed by atoms with Crippen LogP contribution in [0.1, 0.15) is 40.5 Å². The van der Waals surface area contributed by atoms with Crippen LogP contribution < -0.4 is 5.32 Å². The lowest BCUT2D eigenvalue weighted by atomic mass is 9.86. The Morgan fingerprint density at radius 2 is 2.18 bits per heavy atom. The maximum Gasteiger partial charge on any atom is 0.0673 e. The summed E-state index contributed by atoms with van der Waals surface area (Å²) in [5, 5.41) is 3.50. The molecule has 0 bridgehead atoms. The normalized spacial score (nSPS) is 26.5. The minimum Gasteiger partial charge on any atom is -0.377 e. The van der Waals surface area contributed by atoms with Crippen LogP contribution in [0.2, 0.25) is 0 Å². The first kappa shape index (κ1) is 14.9. The van der Waals surface area contributed by atoms with Gasteiger partial charge in [0.2, 0.25) is 0 Å². The summed E-state index contributed by atoms with van der Waals surface area (Å²) in [6.45, 7) is 15.6. The summed E-state index contributed by atoms with van der Waals surface area (Å²) in [4.78, 5) is 2.58. The molecule has 0 saturated carbocycles. The molecule has 0 aromatic heterocycles. The van der Waals surface area contributed by atoms with E-state index in [1.807, 2.05) is 0 Å². The van der Waals surface area contributed by atoms with Crippen LogP contribution in [0.15, 0.2) is 0 Å². The van der Waals surface area contributed by atoms with Gasteiger partial charge in [-0.25, -0.2) is 0 Å². The van der Waals surface area contributed by atoms with Crippen molar-refractivity contribution in [1.82, 2.24) is 10.2 Å². The van der Waals surface area contributed by atoms with Gasteiger partial charge in [0.05, 0.1) is 6.10 Å². The molecular weight excluding hydrogens is 212 g/mol. The molecule has 1 aliphatic rings. The number of hydrogen-bond acceptors (Lipinski definition) is 3. The summed E-state index contributed by atoms with van der Waals surface area (Å²) in [5.74, 6) is 0. The summed E-state index contributed by atoms with van der Waals surface area (Å²) < 4.78 is 5.71. The summed E-state index contributed by atoms with van der Waals surface area (Å²) in [6, 6.07) is 0. The molecule has 1 fully saturated rings. The second-order valence-corrected chi connectivity index (χ2v) is 5.71. The van der Waals surface area contributed by atoms with Crippen molar-refractivity contribution in [2.75, 3.05) is 39.3 Å². The van der Waals surface area contributed by atoms with E-state index in [4.69, 9.17) is 4.74 Å². The molecule has 3 nitrogen and oxygen atoms in total. The Morgan fingerprint density at radius 3 is 2.82 bits per heavy atom. The van der Waals surface area contributed by atoms with Crippen LogP contribution in [0.3, 0.4) is 0 Å². The Kier molecular flexibility index (Phi) is 6.45. The maximum absolute atomic E-state index is 5.71. The third-order valence-corrected chi connectivity index (χ3v) is 3.80. The van der Waals surface area contributed by atoms with Crippen molar-refractivity contribution >= 4 is 0 Å². The molecule has 0 spiro atoms. The predicted molar refractivity (Wildman–Crippen MR) is 73.4 cm³/mol. The van der Waals surface area contributed by atoms with Crippen LogP contribution >= 0.6 is 0 Å². The van der Waals surface area contributed by atoms with E-state index in [1.54, 1.807) is 0 Å². The zero-order chi connectivity index (χ0) is 12.7. The Labute approximate surface area is 107 Å². The van der Waals surface area contributed by atoms with Crippen molar-refractivity contribution in [3.05, 3.63) is 0 Å². The standard InChI is InChI=1S/C14H30N2O/c1-5-14(4,11-15-6-2)12-16-8-7-9-17-13(3)10-16/h13,15H,5-12H2,1-4H3. The third-order valence-electron chi connectivity index (χ3n) is 3.80. The van der Waals surface area contributed by atoms with Gasteiger partial charge in [-0.15, -0.1) is 0 Å². The molecule has 1 aliphatic heterocycles. The summed E-state index contributed by atoms with van der Waals surface area (Å²) in [7, 11) is 0. The molecule has 2 atom stereocenters. The molecule has 0 amide bonds. The van der Waals surface area contributed by atoms with Crippen LogP contribution in [-0.2, 0) is 4.74 Å². The van der Waals surface area contributed by atoms with E-state index >= 15 is 0 Å². The van der Waals surface area contributed by atoms with Gasteiger partial charge in [-0.2, -0.15) is 0 Å². The minimum absolute atomic E-state index is 0.387. The predicted octanol–water partition coefficient (Wildman–Crippen LogP) is 2.12. The van der Waals surface area contributed by atoms with Gasteiger partial charge in [0.1, 0.15) is 0 Å². The topological polar surface area (TPSA) is 24.5 Å². The number of nitrogens with zero attached hydrogens (tertiary/aromatic N) is 1. The Hall–Kier alpha value is -0.120. The first-order valence-corrected chi connectivity index (χ1v) is 7.14. The van der Waals surface area contributed by atoms with Gasteiger partial charge >= 0.3 is 0 Å². The molecule has 0 radical (unpaired) electrons. The highest BCUT2D eigenvalue weighted by Crippen LogP contribution is 2.22. The molecule has 0 aromatic rings. The van der Waals surface area contributed by atoms with Gasteiger partial charge in [-0.1, -0.05) is 20.8 Å². The number of nitrogens with one attached hydrogen (secondary N) is 1. The monoisotopic (exact) mass is 242 g/mol. The van der Waals surface area contributed by atoms with E-state index in [0.29, 0.717) is 11.5 Å². The van der Waals surface area contributed by atoms with Crippen molar-refractivity contribution in [1.29, 1.82) is 0 Å². The smallest absolute Gasteiger partial charge is 0.0673 e. The van der Waals surface area contributed by atoms with Gasteiger partial charge in [-0.3, -0.25) is 0 Å². The number of ether oxygens (including phenoxy) is 1. The maximum atomic E-state index is 5.71. The summed E-state index contributed by atoms with van der Waals surface area (Å²) >= 11 is 0.